The molecule has 1 heterocycles. The predicted molar refractivity (Wildman–Crippen MR) is 68.7 cm³/mol. The second-order valence-electron chi connectivity index (χ2n) is 3.96. The SMILES string of the molecule is COc1ccc(-c2nnc(CCNC(C)=O)o2)cc1. The number of carbonyl (C=O) groups excluding carboxylic acids is 1. The van der Waals surface area contributed by atoms with Gasteiger partial charge in [-0.15, -0.1) is 10.2 Å². The van der Waals surface area contributed by atoms with E-state index in [1.807, 2.05) is 24.3 Å². The number of nitrogens with one attached hydrogen (secondary N) is 1. The van der Waals surface area contributed by atoms with Gasteiger partial charge >= 0.3 is 0 Å². The van der Waals surface area contributed by atoms with E-state index in [0.717, 1.165) is 11.3 Å². The maximum atomic E-state index is 10.7. The van der Waals surface area contributed by atoms with Crippen LogP contribution in [0.2, 0.25) is 0 Å². The van der Waals surface area contributed by atoms with Crippen LogP contribution in [0.5, 0.6) is 5.75 Å². The number of benzene rings is 1. The van der Waals surface area contributed by atoms with Crippen LogP contribution >= 0.6 is 0 Å². The van der Waals surface area contributed by atoms with Gasteiger partial charge in [-0.25, -0.2) is 0 Å². The molecule has 1 N–H and O–H groups in total. The minimum atomic E-state index is -0.0742. The van der Waals surface area contributed by atoms with Crippen LogP contribution in [0.1, 0.15) is 12.8 Å². The third-order valence-electron chi connectivity index (χ3n) is 2.52. The van der Waals surface area contributed by atoms with Gasteiger partial charge in [0.25, 0.3) is 0 Å². The van der Waals surface area contributed by atoms with Crippen molar-refractivity contribution in [2.45, 2.75) is 13.3 Å². The first-order chi connectivity index (χ1) is 9.19. The molecule has 2 aromatic rings. The Labute approximate surface area is 110 Å². The van der Waals surface area contributed by atoms with Crippen LogP contribution in [-0.4, -0.2) is 29.8 Å². The summed E-state index contributed by atoms with van der Waals surface area (Å²) in [5.41, 5.74) is 0.832. The third-order valence-corrected chi connectivity index (χ3v) is 2.52. The molecule has 0 fully saturated rings. The van der Waals surface area contributed by atoms with E-state index in [1.165, 1.54) is 6.92 Å². The van der Waals surface area contributed by atoms with Crippen molar-refractivity contribution in [2.24, 2.45) is 0 Å². The van der Waals surface area contributed by atoms with Crippen molar-refractivity contribution in [3.63, 3.8) is 0 Å². The molecule has 0 saturated carbocycles. The standard InChI is InChI=1S/C13H15N3O3/c1-9(17)14-8-7-12-15-16-13(19-12)10-3-5-11(18-2)6-4-10/h3-6H,7-8H2,1-2H3,(H,14,17). The van der Waals surface area contributed by atoms with Crippen LogP contribution < -0.4 is 10.1 Å². The zero-order chi connectivity index (χ0) is 13.7. The van der Waals surface area contributed by atoms with E-state index in [0.29, 0.717) is 24.7 Å². The smallest absolute Gasteiger partial charge is 0.247 e. The number of ether oxygens (including phenoxy) is 1. The number of hydrogen-bond acceptors (Lipinski definition) is 5. The lowest BCUT2D eigenvalue weighted by Crippen LogP contribution is -2.22. The lowest BCUT2D eigenvalue weighted by Gasteiger charge is -1.99. The molecule has 6 heteroatoms. The molecule has 2 rings (SSSR count). The Morgan fingerprint density at radius 3 is 2.68 bits per heavy atom. The first-order valence-corrected chi connectivity index (χ1v) is 5.90. The van der Waals surface area contributed by atoms with Gasteiger partial charge in [0.1, 0.15) is 5.75 Å². The Morgan fingerprint density at radius 1 is 1.32 bits per heavy atom. The Kier molecular flexibility index (Phi) is 4.12. The van der Waals surface area contributed by atoms with Gasteiger partial charge in [0.05, 0.1) is 7.11 Å². The number of rotatable bonds is 5. The number of methoxy groups -OCH3 is 1. The normalized spacial score (nSPS) is 10.2. The molecule has 0 aliphatic rings. The number of aromatic nitrogens is 2. The molecule has 100 valence electrons. The largest absolute Gasteiger partial charge is 0.497 e. The summed E-state index contributed by atoms with van der Waals surface area (Å²) in [5, 5.41) is 10.6. The molecule has 1 aromatic heterocycles. The monoisotopic (exact) mass is 261 g/mol. The summed E-state index contributed by atoms with van der Waals surface area (Å²) >= 11 is 0. The third kappa shape index (κ3) is 3.54. The number of carbonyl (C=O) groups is 1. The zero-order valence-corrected chi connectivity index (χ0v) is 10.8. The van der Waals surface area contributed by atoms with E-state index < -0.39 is 0 Å². The summed E-state index contributed by atoms with van der Waals surface area (Å²) in [5.74, 6) is 1.66. The molecule has 0 saturated heterocycles. The fourth-order valence-corrected chi connectivity index (χ4v) is 1.55. The Bertz CT molecular complexity index is 549. The van der Waals surface area contributed by atoms with E-state index in [9.17, 15) is 4.79 Å². The number of amides is 1. The highest BCUT2D eigenvalue weighted by Crippen LogP contribution is 2.21. The quantitative estimate of drug-likeness (QED) is 0.880. The van der Waals surface area contributed by atoms with Gasteiger partial charge in [0.15, 0.2) is 0 Å². The maximum absolute atomic E-state index is 10.7. The van der Waals surface area contributed by atoms with Crippen molar-refractivity contribution >= 4 is 5.91 Å². The van der Waals surface area contributed by atoms with Gasteiger partial charge in [-0.05, 0) is 24.3 Å². The molecule has 0 atom stereocenters. The molecular formula is C13H15N3O3. The summed E-state index contributed by atoms with van der Waals surface area (Å²) in [6.07, 6.45) is 0.517. The number of hydrogen-bond donors (Lipinski definition) is 1. The minimum Gasteiger partial charge on any atom is -0.497 e. The fourth-order valence-electron chi connectivity index (χ4n) is 1.55. The summed E-state index contributed by atoms with van der Waals surface area (Å²) in [6, 6.07) is 7.36. The van der Waals surface area contributed by atoms with Crippen molar-refractivity contribution in [3.05, 3.63) is 30.2 Å². The zero-order valence-electron chi connectivity index (χ0n) is 10.8. The molecule has 19 heavy (non-hydrogen) atoms. The molecule has 1 aromatic carbocycles. The summed E-state index contributed by atoms with van der Waals surface area (Å²) in [4.78, 5) is 10.7. The van der Waals surface area contributed by atoms with Crippen LogP contribution in [0.25, 0.3) is 11.5 Å². The second-order valence-corrected chi connectivity index (χ2v) is 3.96. The van der Waals surface area contributed by atoms with E-state index >= 15 is 0 Å². The molecule has 0 aliphatic carbocycles. The van der Waals surface area contributed by atoms with Crippen molar-refractivity contribution < 1.29 is 13.9 Å². The Hall–Kier alpha value is -2.37. The van der Waals surface area contributed by atoms with Crippen LogP contribution in [0.4, 0.5) is 0 Å². The highest BCUT2D eigenvalue weighted by Gasteiger charge is 2.08. The highest BCUT2D eigenvalue weighted by molar-refractivity contribution is 5.72. The highest BCUT2D eigenvalue weighted by atomic mass is 16.5. The van der Waals surface area contributed by atoms with Gasteiger partial charge in [0.2, 0.25) is 17.7 Å². The van der Waals surface area contributed by atoms with Gasteiger partial charge in [-0.2, -0.15) is 0 Å². The molecule has 0 radical (unpaired) electrons. The van der Waals surface area contributed by atoms with Gasteiger partial charge < -0.3 is 14.5 Å². The lowest BCUT2D eigenvalue weighted by molar-refractivity contribution is -0.118. The predicted octanol–water partition coefficient (Wildman–Crippen LogP) is 1.42. The van der Waals surface area contributed by atoms with E-state index in [1.54, 1.807) is 7.11 Å². The van der Waals surface area contributed by atoms with Crippen LogP contribution in [-0.2, 0) is 11.2 Å². The molecule has 0 bridgehead atoms. The Balaban J connectivity index is 2.01. The number of nitrogens with zero attached hydrogens (tertiary/aromatic N) is 2. The van der Waals surface area contributed by atoms with Gasteiger partial charge in [-0.1, -0.05) is 0 Å². The van der Waals surface area contributed by atoms with Crippen LogP contribution in [0.15, 0.2) is 28.7 Å². The van der Waals surface area contributed by atoms with Crippen molar-refractivity contribution in [2.75, 3.05) is 13.7 Å². The molecule has 0 aliphatic heterocycles. The molecular weight excluding hydrogens is 246 g/mol. The van der Waals surface area contributed by atoms with Gasteiger partial charge in [0, 0.05) is 25.5 Å². The fraction of sp³-hybridized carbons (Fsp3) is 0.308. The second kappa shape index (κ2) is 5.99. The van der Waals surface area contributed by atoms with Gasteiger partial charge in [-0.3, -0.25) is 4.79 Å². The summed E-state index contributed by atoms with van der Waals surface area (Å²) in [7, 11) is 1.61. The van der Waals surface area contributed by atoms with Crippen molar-refractivity contribution in [1.82, 2.24) is 15.5 Å². The topological polar surface area (TPSA) is 77.3 Å². The molecule has 0 unspecified atom stereocenters. The molecule has 1 amide bonds. The van der Waals surface area contributed by atoms with Crippen molar-refractivity contribution in [1.29, 1.82) is 0 Å². The lowest BCUT2D eigenvalue weighted by atomic mass is 10.2. The van der Waals surface area contributed by atoms with E-state index in [4.69, 9.17) is 9.15 Å². The summed E-state index contributed by atoms with van der Waals surface area (Å²) in [6.45, 7) is 1.95. The Morgan fingerprint density at radius 2 is 2.05 bits per heavy atom. The minimum absolute atomic E-state index is 0.0742. The van der Waals surface area contributed by atoms with Crippen LogP contribution in [0.3, 0.4) is 0 Å². The van der Waals surface area contributed by atoms with Crippen molar-refractivity contribution in [3.8, 4) is 17.2 Å². The average Bonchev–Trinajstić information content (AvgIpc) is 2.87. The van der Waals surface area contributed by atoms with Crippen LogP contribution in [0, 0.1) is 0 Å². The molecule has 0 spiro atoms. The average molecular weight is 261 g/mol. The summed E-state index contributed by atoms with van der Waals surface area (Å²) < 4.78 is 10.6. The van der Waals surface area contributed by atoms with E-state index in [-0.39, 0.29) is 5.91 Å². The molecule has 6 nitrogen and oxygen atoms in total. The maximum Gasteiger partial charge on any atom is 0.247 e. The first kappa shape index (κ1) is 13.1. The van der Waals surface area contributed by atoms with E-state index in [2.05, 4.69) is 15.5 Å². The first-order valence-electron chi connectivity index (χ1n) is 5.90.